The third-order valence-electron chi connectivity index (χ3n) is 3.44. The number of furan rings is 1. The minimum absolute atomic E-state index is 0.0345. The first-order chi connectivity index (χ1) is 11.0. The molecular weight excluding hydrogens is 364 g/mol. The molecule has 0 fully saturated rings. The van der Waals surface area contributed by atoms with Crippen LogP contribution < -0.4 is 5.32 Å². The summed E-state index contributed by atoms with van der Waals surface area (Å²) in [4.78, 5) is 22.5. The number of hydrogen-bond acceptors (Lipinski definition) is 4. The number of halogens is 1. The fourth-order valence-electron chi connectivity index (χ4n) is 2.26. The number of anilines is 1. The third-order valence-corrected chi connectivity index (χ3v) is 3.93. The Morgan fingerprint density at radius 2 is 1.91 bits per heavy atom. The van der Waals surface area contributed by atoms with Gasteiger partial charge < -0.3 is 9.73 Å². The molecule has 23 heavy (non-hydrogen) atoms. The molecule has 2 aromatic carbocycles. The molecule has 1 amide bonds. The molecule has 0 atom stereocenters. The highest BCUT2D eigenvalue weighted by atomic mass is 79.9. The summed E-state index contributed by atoms with van der Waals surface area (Å²) in [5.74, 6) is -0.180. The number of carbonyl (C=O) groups is 1. The number of nitro groups is 1. The van der Waals surface area contributed by atoms with Gasteiger partial charge in [-0.3, -0.25) is 14.9 Å². The van der Waals surface area contributed by atoms with Gasteiger partial charge in [0.1, 0.15) is 5.58 Å². The van der Waals surface area contributed by atoms with Crippen LogP contribution in [0.4, 0.5) is 11.4 Å². The summed E-state index contributed by atoms with van der Waals surface area (Å²) in [5, 5.41) is 14.2. The summed E-state index contributed by atoms with van der Waals surface area (Å²) < 4.78 is 6.51. The van der Waals surface area contributed by atoms with Gasteiger partial charge in [-0.1, -0.05) is 15.9 Å². The van der Waals surface area contributed by atoms with Gasteiger partial charge in [-0.15, -0.1) is 0 Å². The topological polar surface area (TPSA) is 85.4 Å². The second kappa shape index (κ2) is 5.85. The van der Waals surface area contributed by atoms with Gasteiger partial charge in [0.2, 0.25) is 0 Å². The maximum absolute atomic E-state index is 12.4. The van der Waals surface area contributed by atoms with E-state index < -0.39 is 10.8 Å². The number of nitro benzene ring substituents is 1. The maximum Gasteiger partial charge on any atom is 0.291 e. The largest absolute Gasteiger partial charge is 0.451 e. The second-order valence-electron chi connectivity index (χ2n) is 4.95. The zero-order valence-electron chi connectivity index (χ0n) is 12.0. The van der Waals surface area contributed by atoms with Crippen LogP contribution in [0.3, 0.4) is 0 Å². The van der Waals surface area contributed by atoms with Crippen molar-refractivity contribution >= 4 is 44.2 Å². The first-order valence-corrected chi connectivity index (χ1v) is 7.49. The molecule has 7 heteroatoms. The lowest BCUT2D eigenvalue weighted by Crippen LogP contribution is -2.12. The van der Waals surface area contributed by atoms with E-state index in [1.54, 1.807) is 6.07 Å². The third kappa shape index (κ3) is 2.95. The van der Waals surface area contributed by atoms with Crippen molar-refractivity contribution in [1.82, 2.24) is 0 Å². The summed E-state index contributed by atoms with van der Waals surface area (Å²) in [6, 6.07) is 11.1. The van der Waals surface area contributed by atoms with Gasteiger partial charge in [0.25, 0.3) is 11.6 Å². The Morgan fingerprint density at radius 3 is 2.57 bits per heavy atom. The predicted octanol–water partition coefficient (Wildman–Crippen LogP) is 4.66. The van der Waals surface area contributed by atoms with Gasteiger partial charge in [-0.2, -0.15) is 0 Å². The first-order valence-electron chi connectivity index (χ1n) is 6.70. The quantitative estimate of drug-likeness (QED) is 0.533. The Kier molecular flexibility index (Phi) is 3.87. The molecule has 0 saturated heterocycles. The molecule has 1 N–H and O–H groups in total. The lowest BCUT2D eigenvalue weighted by atomic mass is 10.1. The van der Waals surface area contributed by atoms with Gasteiger partial charge in [0.15, 0.2) is 5.76 Å². The number of fused-ring (bicyclic) bond motifs is 1. The van der Waals surface area contributed by atoms with Crippen molar-refractivity contribution in [1.29, 1.82) is 0 Å². The minimum Gasteiger partial charge on any atom is -0.451 e. The molecule has 0 radical (unpaired) electrons. The highest BCUT2D eigenvalue weighted by Crippen LogP contribution is 2.28. The van der Waals surface area contributed by atoms with Gasteiger partial charge >= 0.3 is 0 Å². The molecule has 0 bridgehead atoms. The minimum atomic E-state index is -0.493. The number of nitrogens with zero attached hydrogens (tertiary/aromatic N) is 1. The Balaban J connectivity index is 1.88. The number of non-ortho nitro benzene ring substituents is 1. The number of benzene rings is 2. The molecule has 3 rings (SSSR count). The monoisotopic (exact) mass is 374 g/mol. The lowest BCUT2D eigenvalue weighted by Gasteiger charge is -2.03. The van der Waals surface area contributed by atoms with E-state index >= 15 is 0 Å². The van der Waals surface area contributed by atoms with Crippen LogP contribution in [-0.4, -0.2) is 10.8 Å². The van der Waals surface area contributed by atoms with E-state index in [1.165, 1.54) is 24.3 Å². The Morgan fingerprint density at radius 1 is 1.22 bits per heavy atom. The first kappa shape index (κ1) is 15.2. The number of amides is 1. The van der Waals surface area contributed by atoms with Gasteiger partial charge in [0, 0.05) is 33.2 Å². The lowest BCUT2D eigenvalue weighted by molar-refractivity contribution is -0.384. The molecule has 0 saturated carbocycles. The Bertz CT molecular complexity index is 916. The van der Waals surface area contributed by atoms with Crippen LogP contribution in [-0.2, 0) is 0 Å². The number of aryl methyl sites for hydroxylation is 1. The Labute approximate surface area is 139 Å². The van der Waals surface area contributed by atoms with Crippen LogP contribution in [0.1, 0.15) is 16.1 Å². The molecular formula is C16H11BrN2O4. The molecule has 0 aliphatic heterocycles. The number of carbonyl (C=O) groups excluding carboxylic acids is 1. The molecule has 1 heterocycles. The van der Waals surface area contributed by atoms with Crippen molar-refractivity contribution in [2.75, 3.05) is 5.32 Å². The fraction of sp³-hybridized carbons (Fsp3) is 0.0625. The van der Waals surface area contributed by atoms with Crippen LogP contribution in [0.25, 0.3) is 11.0 Å². The van der Waals surface area contributed by atoms with E-state index in [9.17, 15) is 14.9 Å². The second-order valence-corrected chi connectivity index (χ2v) is 5.87. The summed E-state index contributed by atoms with van der Waals surface area (Å²) >= 11 is 3.39. The van der Waals surface area contributed by atoms with Crippen LogP contribution in [0.2, 0.25) is 0 Å². The molecule has 0 unspecified atom stereocenters. The van der Waals surface area contributed by atoms with E-state index in [0.29, 0.717) is 11.3 Å². The smallest absolute Gasteiger partial charge is 0.291 e. The Hall–Kier alpha value is -2.67. The molecule has 0 spiro atoms. The maximum atomic E-state index is 12.4. The van der Waals surface area contributed by atoms with Gasteiger partial charge in [0.05, 0.1) is 4.92 Å². The van der Waals surface area contributed by atoms with Crippen molar-refractivity contribution in [3.8, 4) is 0 Å². The summed E-state index contributed by atoms with van der Waals surface area (Å²) in [6.07, 6.45) is 0. The van der Waals surface area contributed by atoms with Gasteiger partial charge in [-0.25, -0.2) is 0 Å². The summed E-state index contributed by atoms with van der Waals surface area (Å²) in [7, 11) is 0. The van der Waals surface area contributed by atoms with Crippen molar-refractivity contribution in [3.05, 3.63) is 68.4 Å². The van der Waals surface area contributed by atoms with E-state index in [1.807, 2.05) is 19.1 Å². The molecule has 0 aliphatic rings. The van der Waals surface area contributed by atoms with E-state index in [2.05, 4.69) is 21.2 Å². The number of hydrogen-bond donors (Lipinski definition) is 1. The van der Waals surface area contributed by atoms with Crippen LogP contribution in [0.5, 0.6) is 0 Å². The normalized spacial score (nSPS) is 10.7. The van der Waals surface area contributed by atoms with E-state index in [4.69, 9.17) is 4.42 Å². The predicted molar refractivity (Wildman–Crippen MR) is 89.7 cm³/mol. The van der Waals surface area contributed by atoms with Crippen LogP contribution in [0.15, 0.2) is 51.4 Å². The number of rotatable bonds is 3. The zero-order valence-corrected chi connectivity index (χ0v) is 13.6. The van der Waals surface area contributed by atoms with Crippen molar-refractivity contribution < 1.29 is 14.1 Å². The average Bonchev–Trinajstić information content (AvgIpc) is 2.85. The fourth-order valence-corrected chi connectivity index (χ4v) is 2.63. The molecule has 116 valence electrons. The molecule has 0 aliphatic carbocycles. The van der Waals surface area contributed by atoms with Crippen molar-refractivity contribution in [3.63, 3.8) is 0 Å². The van der Waals surface area contributed by atoms with E-state index in [-0.39, 0.29) is 11.4 Å². The van der Waals surface area contributed by atoms with Crippen LogP contribution in [0, 0.1) is 17.0 Å². The highest BCUT2D eigenvalue weighted by molar-refractivity contribution is 9.10. The van der Waals surface area contributed by atoms with Crippen LogP contribution >= 0.6 is 15.9 Å². The summed E-state index contributed by atoms with van der Waals surface area (Å²) in [6.45, 7) is 1.81. The van der Waals surface area contributed by atoms with E-state index in [0.717, 1.165) is 15.4 Å². The molecule has 6 nitrogen and oxygen atoms in total. The van der Waals surface area contributed by atoms with Crippen molar-refractivity contribution in [2.45, 2.75) is 6.92 Å². The summed E-state index contributed by atoms with van der Waals surface area (Å²) in [5.41, 5.74) is 1.79. The highest BCUT2D eigenvalue weighted by Gasteiger charge is 2.18. The number of nitrogens with one attached hydrogen (secondary N) is 1. The van der Waals surface area contributed by atoms with Gasteiger partial charge in [-0.05, 0) is 37.3 Å². The molecule has 3 aromatic rings. The standard InChI is InChI=1S/C16H11BrN2O4/c1-9-13-8-10(17)2-7-14(13)23-15(9)16(20)18-11-3-5-12(6-4-11)19(21)22/h2-8H,1H3,(H,18,20). The zero-order chi connectivity index (χ0) is 16.6. The SMILES string of the molecule is Cc1c(C(=O)Nc2ccc([N+](=O)[O-])cc2)oc2ccc(Br)cc12. The molecule has 1 aromatic heterocycles. The average molecular weight is 375 g/mol. The van der Waals surface area contributed by atoms with Crippen molar-refractivity contribution in [2.24, 2.45) is 0 Å².